The Hall–Kier alpha value is -7.12. The molecule has 0 N–H and O–H groups in total. The van der Waals surface area contributed by atoms with Crippen molar-refractivity contribution in [1.29, 1.82) is 0 Å². The second kappa shape index (κ2) is 49.4. The average molecular weight is 2040 g/mol. The van der Waals surface area contributed by atoms with Crippen molar-refractivity contribution >= 4 is 119 Å². The van der Waals surface area contributed by atoms with E-state index in [1.54, 1.807) is 0 Å². The number of hydrogen-bond acceptors (Lipinski definition) is 0. The monoisotopic (exact) mass is 2040 g/mol. The Kier molecular flexibility index (Phi) is 42.4. The predicted octanol–water partition coefficient (Wildman–Crippen LogP) is 9.86. The fourth-order valence-corrected chi connectivity index (χ4v) is 26.7. The minimum Gasteiger partial charge on any atom is -1.00 e. The molecular formula is C105H105Cl4Os2P5+4. The molecule has 0 aliphatic heterocycles. The van der Waals surface area contributed by atoms with Gasteiger partial charge in [-0.3, -0.25) is 0 Å². The molecular weight excluding hydrogens is 1940 g/mol. The predicted molar refractivity (Wildman–Crippen MR) is 497 cm³/mol. The Morgan fingerprint density at radius 2 is 0.172 bits per heavy atom. The molecule has 0 unspecified atom stereocenters. The number of aryl methyl sites for hydroxylation is 15. The van der Waals surface area contributed by atoms with E-state index in [9.17, 15) is 0 Å². The quantitative estimate of drug-likeness (QED) is 0.0898. The summed E-state index contributed by atoms with van der Waals surface area (Å²) < 4.78 is 0. The third-order valence-corrected chi connectivity index (χ3v) is 30.8. The summed E-state index contributed by atoms with van der Waals surface area (Å²) in [6, 6.07) is 134. The Balaban J connectivity index is 0.000000255. The first kappa shape index (κ1) is 99.5. The summed E-state index contributed by atoms with van der Waals surface area (Å²) in [6.45, 7) is 32.6. The summed E-state index contributed by atoms with van der Waals surface area (Å²) in [4.78, 5) is 0. The fraction of sp³-hybridized carbons (Fsp3) is 0.143. The van der Waals surface area contributed by atoms with Crippen LogP contribution in [0.2, 0.25) is 0 Å². The largest absolute Gasteiger partial charge is 4.00 e. The molecule has 0 aliphatic carbocycles. The molecule has 0 aliphatic rings. The molecule has 0 nitrogen and oxygen atoms in total. The van der Waals surface area contributed by atoms with Gasteiger partial charge >= 0.3 is 39.6 Å². The van der Waals surface area contributed by atoms with Gasteiger partial charge in [0.2, 0.25) is 0 Å². The van der Waals surface area contributed by atoms with E-state index in [-0.39, 0.29) is 89.2 Å². The topological polar surface area (TPSA) is 0 Å². The van der Waals surface area contributed by atoms with Crippen LogP contribution in [0.4, 0.5) is 0 Å². The van der Waals surface area contributed by atoms with Gasteiger partial charge in [-0.25, -0.2) is 0 Å². The van der Waals surface area contributed by atoms with Gasteiger partial charge in [0.05, 0.1) is 0 Å². The van der Waals surface area contributed by atoms with Gasteiger partial charge in [0.25, 0.3) is 0 Å². The first-order valence-corrected chi connectivity index (χ1v) is 44.9. The first-order chi connectivity index (χ1) is 53.2. The smallest absolute Gasteiger partial charge is 1.00 e. The van der Waals surface area contributed by atoms with E-state index in [0.717, 1.165) is 0 Å². The van der Waals surface area contributed by atoms with Gasteiger partial charge in [-0.1, -0.05) is 447 Å². The normalized spacial score (nSPS) is 10.3. The summed E-state index contributed by atoms with van der Waals surface area (Å²) in [5.74, 6) is 0. The molecule has 0 amide bonds. The zero-order valence-electron chi connectivity index (χ0n) is 69.1. The van der Waals surface area contributed by atoms with Crippen molar-refractivity contribution in [1.82, 2.24) is 0 Å². The first-order valence-electron chi connectivity index (χ1n) is 38.2. The standard InChI is InChI=1S/5C21H21P.4ClH.2Os/c5*1-16-7-4-10-19(13-16)22(20-11-5-8-17(2)14-20)21-12-6-9-18(3)15-21;;;;;;/h5*4-15H,1-3H3;4*1H;;/q;;;;;;;;;2*+4/p-4. The molecule has 0 aromatic heterocycles. The minimum absolute atomic E-state index is 0. The number of halogens is 4. The molecule has 0 spiro atoms. The third kappa shape index (κ3) is 29.1. The summed E-state index contributed by atoms with van der Waals surface area (Å²) in [7, 11) is -2.47. The van der Waals surface area contributed by atoms with E-state index in [0.29, 0.717) is 0 Å². The van der Waals surface area contributed by atoms with E-state index in [1.165, 1.54) is 163 Å². The van der Waals surface area contributed by atoms with Crippen LogP contribution in [0.15, 0.2) is 364 Å². The molecule has 0 atom stereocenters. The van der Waals surface area contributed by atoms with Crippen molar-refractivity contribution in [3.05, 3.63) is 447 Å². The summed E-state index contributed by atoms with van der Waals surface area (Å²) in [6.07, 6.45) is 0. The molecule has 0 fully saturated rings. The van der Waals surface area contributed by atoms with Crippen molar-refractivity contribution in [2.45, 2.75) is 104 Å². The van der Waals surface area contributed by atoms with Crippen LogP contribution in [0.5, 0.6) is 0 Å². The SMILES string of the molecule is Cc1cccc(P(c2cccc(C)c2)c2cccc(C)c2)c1.Cc1cccc(P(c2cccc(C)c2)c2cccc(C)c2)c1.Cc1cccc(P(c2cccc(C)c2)c2cccc(C)c2)c1.Cc1cccc(P(c2cccc(C)c2)c2cccc(C)c2)c1.Cc1cccc(P(c2cccc(C)c2)c2cccc(C)c2)c1.[Cl-].[Cl-].[Cl-].[Cl-].[Os+4].[Os+4]. The van der Waals surface area contributed by atoms with Gasteiger partial charge in [0.1, 0.15) is 0 Å². The minimum atomic E-state index is -0.495. The van der Waals surface area contributed by atoms with Crippen molar-refractivity contribution < 1.29 is 89.2 Å². The van der Waals surface area contributed by atoms with Crippen LogP contribution >= 0.6 is 39.6 Å². The third-order valence-electron chi connectivity index (χ3n) is 18.9. The molecule has 0 radical (unpaired) electrons. The Labute approximate surface area is 752 Å². The number of benzene rings is 15. The maximum absolute atomic E-state index is 2.33. The van der Waals surface area contributed by atoms with Crippen molar-refractivity contribution in [3.8, 4) is 0 Å². The van der Waals surface area contributed by atoms with E-state index < -0.39 is 39.6 Å². The van der Waals surface area contributed by atoms with Crippen LogP contribution in [0.1, 0.15) is 83.5 Å². The molecule has 116 heavy (non-hydrogen) atoms. The Bertz CT molecular complexity index is 4240. The second-order valence-electron chi connectivity index (χ2n) is 29.3. The van der Waals surface area contributed by atoms with Crippen molar-refractivity contribution in [2.24, 2.45) is 0 Å². The Morgan fingerprint density at radius 1 is 0.112 bits per heavy atom. The van der Waals surface area contributed by atoms with E-state index in [4.69, 9.17) is 0 Å². The molecule has 15 rings (SSSR count). The van der Waals surface area contributed by atoms with Crippen LogP contribution < -0.4 is 129 Å². The summed E-state index contributed by atoms with van der Waals surface area (Å²) >= 11 is 0. The summed E-state index contributed by atoms with van der Waals surface area (Å²) in [5, 5.41) is 21.3. The number of hydrogen-bond donors (Lipinski definition) is 0. The van der Waals surface area contributed by atoms with Crippen LogP contribution in [0.25, 0.3) is 0 Å². The van der Waals surface area contributed by atoms with Gasteiger partial charge in [0, 0.05) is 0 Å². The van der Waals surface area contributed by atoms with Crippen LogP contribution in [0.3, 0.4) is 0 Å². The average Bonchev–Trinajstić information content (AvgIpc) is 0.830. The second-order valence-corrected chi connectivity index (χ2v) is 40.4. The molecule has 0 saturated heterocycles. The van der Waals surface area contributed by atoms with E-state index in [1.807, 2.05) is 0 Å². The molecule has 15 aromatic carbocycles. The van der Waals surface area contributed by atoms with Crippen LogP contribution in [0, 0.1) is 104 Å². The molecule has 0 saturated carbocycles. The van der Waals surface area contributed by atoms with Crippen molar-refractivity contribution in [3.63, 3.8) is 0 Å². The van der Waals surface area contributed by atoms with Crippen LogP contribution in [-0.2, 0) is 39.6 Å². The van der Waals surface area contributed by atoms with E-state index in [2.05, 4.69) is 468 Å². The van der Waals surface area contributed by atoms with Gasteiger partial charge < -0.3 is 49.6 Å². The fourth-order valence-electron chi connectivity index (χ4n) is 13.7. The maximum Gasteiger partial charge on any atom is 4.00 e. The molecule has 0 heterocycles. The molecule has 11 heteroatoms. The van der Waals surface area contributed by atoms with Crippen LogP contribution in [-0.4, -0.2) is 0 Å². The zero-order chi connectivity index (χ0) is 77.6. The molecule has 0 bridgehead atoms. The molecule has 590 valence electrons. The van der Waals surface area contributed by atoms with Gasteiger partial charge in [0.15, 0.2) is 0 Å². The molecule has 15 aromatic rings. The number of rotatable bonds is 15. The maximum atomic E-state index is 2.33. The van der Waals surface area contributed by atoms with Gasteiger partial charge in [-0.2, -0.15) is 0 Å². The van der Waals surface area contributed by atoms with E-state index >= 15 is 0 Å². The van der Waals surface area contributed by atoms with Gasteiger partial charge in [-0.05, 0) is 223 Å². The summed E-state index contributed by atoms with van der Waals surface area (Å²) in [5.41, 5.74) is 19.9. The van der Waals surface area contributed by atoms with Gasteiger partial charge in [-0.15, -0.1) is 0 Å². The van der Waals surface area contributed by atoms with Crippen molar-refractivity contribution in [2.75, 3.05) is 0 Å². The Morgan fingerprint density at radius 3 is 0.224 bits per heavy atom. The zero-order valence-corrected chi connectivity index (χ0v) is 81.7.